The highest BCUT2D eigenvalue weighted by Gasteiger charge is 2.15. The standard InChI is InChI=1S/C16H16N6S/c1-9-10(2)19-14(11(3)18-9)15-20-13-7-17-22(16(13)21-15)8-12-5-4-6-23-12/h4-7H,8H2,1-3H3,(H,20,21). The predicted octanol–water partition coefficient (Wildman–Crippen LogP) is 3.25. The Bertz CT molecular complexity index is 980. The second-order valence-electron chi connectivity index (χ2n) is 5.53. The van der Waals surface area contributed by atoms with Crippen LogP contribution in [0.5, 0.6) is 0 Å². The number of H-pyrrole nitrogens is 1. The molecule has 1 N–H and O–H groups in total. The SMILES string of the molecule is Cc1nc(C)c(-c2nc3c(cnn3Cc3cccs3)[nH]2)nc1C. The molecule has 23 heavy (non-hydrogen) atoms. The zero-order chi connectivity index (χ0) is 16.0. The number of hydrogen-bond donors (Lipinski definition) is 1. The van der Waals surface area contributed by atoms with E-state index in [1.54, 1.807) is 11.3 Å². The van der Waals surface area contributed by atoms with Crippen LogP contribution >= 0.6 is 11.3 Å². The number of imidazole rings is 1. The van der Waals surface area contributed by atoms with Crippen molar-refractivity contribution < 1.29 is 0 Å². The Morgan fingerprint density at radius 3 is 2.70 bits per heavy atom. The van der Waals surface area contributed by atoms with E-state index in [9.17, 15) is 0 Å². The van der Waals surface area contributed by atoms with Crippen molar-refractivity contribution >= 4 is 22.5 Å². The Balaban J connectivity index is 1.78. The van der Waals surface area contributed by atoms with E-state index in [0.717, 1.165) is 46.3 Å². The van der Waals surface area contributed by atoms with Crippen molar-refractivity contribution in [1.82, 2.24) is 29.7 Å². The molecular weight excluding hydrogens is 308 g/mol. The van der Waals surface area contributed by atoms with Gasteiger partial charge in [0.25, 0.3) is 0 Å². The van der Waals surface area contributed by atoms with Crippen molar-refractivity contribution in [2.75, 3.05) is 0 Å². The summed E-state index contributed by atoms with van der Waals surface area (Å²) in [6, 6.07) is 4.15. The number of thiophene rings is 1. The van der Waals surface area contributed by atoms with Crippen molar-refractivity contribution in [3.8, 4) is 11.5 Å². The molecule has 0 saturated carbocycles. The van der Waals surface area contributed by atoms with Crippen molar-refractivity contribution in [2.45, 2.75) is 27.3 Å². The van der Waals surface area contributed by atoms with E-state index < -0.39 is 0 Å². The molecule has 0 spiro atoms. The second kappa shape index (κ2) is 5.27. The molecule has 4 heterocycles. The van der Waals surface area contributed by atoms with E-state index in [1.807, 2.05) is 37.7 Å². The van der Waals surface area contributed by atoms with Gasteiger partial charge in [0.05, 0.1) is 29.8 Å². The first-order valence-electron chi connectivity index (χ1n) is 7.38. The average Bonchev–Trinajstić information content (AvgIpc) is 3.22. The molecule has 0 aromatic carbocycles. The summed E-state index contributed by atoms with van der Waals surface area (Å²) < 4.78 is 1.91. The van der Waals surface area contributed by atoms with Crippen LogP contribution in [0.4, 0.5) is 0 Å². The van der Waals surface area contributed by atoms with Gasteiger partial charge < -0.3 is 4.98 Å². The smallest absolute Gasteiger partial charge is 0.177 e. The highest BCUT2D eigenvalue weighted by Crippen LogP contribution is 2.22. The van der Waals surface area contributed by atoms with Gasteiger partial charge in [0, 0.05) is 4.88 Å². The number of nitrogens with zero attached hydrogens (tertiary/aromatic N) is 5. The van der Waals surface area contributed by atoms with Crippen LogP contribution in [0, 0.1) is 20.8 Å². The fourth-order valence-electron chi connectivity index (χ4n) is 2.56. The molecule has 0 aliphatic rings. The summed E-state index contributed by atoms with van der Waals surface area (Å²) in [5.74, 6) is 0.741. The summed E-state index contributed by atoms with van der Waals surface area (Å²) >= 11 is 1.72. The molecule has 4 rings (SSSR count). The maximum atomic E-state index is 4.70. The third-order valence-corrected chi connectivity index (χ3v) is 4.73. The Morgan fingerprint density at radius 2 is 1.91 bits per heavy atom. The van der Waals surface area contributed by atoms with Crippen LogP contribution in [0.15, 0.2) is 23.7 Å². The zero-order valence-electron chi connectivity index (χ0n) is 13.2. The molecule has 0 amide bonds. The quantitative estimate of drug-likeness (QED) is 0.628. The molecule has 0 radical (unpaired) electrons. The van der Waals surface area contributed by atoms with E-state index in [4.69, 9.17) is 4.98 Å². The van der Waals surface area contributed by atoms with E-state index in [1.165, 1.54) is 4.88 Å². The number of aryl methyl sites for hydroxylation is 3. The zero-order valence-corrected chi connectivity index (χ0v) is 14.0. The van der Waals surface area contributed by atoms with E-state index in [0.29, 0.717) is 0 Å². The molecule has 0 bridgehead atoms. The molecular formula is C16H16N6S. The number of fused-ring (bicyclic) bond motifs is 1. The molecule has 116 valence electrons. The number of aromatic nitrogens is 6. The predicted molar refractivity (Wildman–Crippen MR) is 90.5 cm³/mol. The van der Waals surface area contributed by atoms with Crippen LogP contribution in [0.1, 0.15) is 22.0 Å². The lowest BCUT2D eigenvalue weighted by atomic mass is 10.2. The largest absolute Gasteiger partial charge is 0.334 e. The van der Waals surface area contributed by atoms with Crippen LogP contribution < -0.4 is 0 Å². The second-order valence-corrected chi connectivity index (χ2v) is 6.56. The molecule has 0 saturated heterocycles. The highest BCUT2D eigenvalue weighted by atomic mass is 32.1. The number of nitrogens with one attached hydrogen (secondary N) is 1. The van der Waals surface area contributed by atoms with E-state index >= 15 is 0 Å². The Labute approximate surface area is 137 Å². The van der Waals surface area contributed by atoms with Crippen molar-refractivity contribution in [3.63, 3.8) is 0 Å². The van der Waals surface area contributed by atoms with Gasteiger partial charge in [0.2, 0.25) is 0 Å². The van der Waals surface area contributed by atoms with E-state index in [2.05, 4.69) is 31.5 Å². The summed E-state index contributed by atoms with van der Waals surface area (Å²) in [4.78, 5) is 18.4. The normalized spacial score (nSPS) is 11.4. The van der Waals surface area contributed by atoms with Crippen LogP contribution in [-0.2, 0) is 6.54 Å². The molecule has 4 aromatic rings. The number of aromatic amines is 1. The van der Waals surface area contributed by atoms with Gasteiger partial charge >= 0.3 is 0 Å². The maximum absolute atomic E-state index is 4.70. The van der Waals surface area contributed by atoms with Crippen molar-refractivity contribution in [3.05, 3.63) is 45.7 Å². The Hall–Kier alpha value is -2.54. The number of hydrogen-bond acceptors (Lipinski definition) is 5. The van der Waals surface area contributed by atoms with Crippen LogP contribution in [-0.4, -0.2) is 29.7 Å². The lowest BCUT2D eigenvalue weighted by Gasteiger charge is -2.05. The van der Waals surface area contributed by atoms with Gasteiger partial charge in [-0.15, -0.1) is 11.3 Å². The lowest BCUT2D eigenvalue weighted by molar-refractivity contribution is 0.713. The molecule has 4 aromatic heterocycles. The van der Waals surface area contributed by atoms with Gasteiger partial charge in [-0.3, -0.25) is 4.98 Å². The third-order valence-electron chi connectivity index (χ3n) is 3.87. The maximum Gasteiger partial charge on any atom is 0.177 e. The summed E-state index contributed by atoms with van der Waals surface area (Å²) in [6.07, 6.45) is 1.81. The minimum Gasteiger partial charge on any atom is -0.334 e. The molecule has 0 unspecified atom stereocenters. The fraction of sp³-hybridized carbons (Fsp3) is 0.250. The Morgan fingerprint density at radius 1 is 1.09 bits per heavy atom. The summed E-state index contributed by atoms with van der Waals surface area (Å²) in [5, 5.41) is 6.48. The van der Waals surface area contributed by atoms with Crippen LogP contribution in [0.3, 0.4) is 0 Å². The summed E-state index contributed by atoms with van der Waals surface area (Å²) in [5.41, 5.74) is 5.30. The van der Waals surface area contributed by atoms with Gasteiger partial charge in [-0.05, 0) is 32.2 Å². The molecule has 6 nitrogen and oxygen atoms in total. The lowest BCUT2D eigenvalue weighted by Crippen LogP contribution is -2.02. The van der Waals surface area contributed by atoms with E-state index in [-0.39, 0.29) is 0 Å². The first-order valence-corrected chi connectivity index (χ1v) is 8.26. The van der Waals surface area contributed by atoms with Crippen molar-refractivity contribution in [1.29, 1.82) is 0 Å². The Kier molecular flexibility index (Phi) is 3.23. The minimum atomic E-state index is 0.725. The van der Waals surface area contributed by atoms with Gasteiger partial charge in [-0.25, -0.2) is 14.6 Å². The first-order chi connectivity index (χ1) is 11.1. The molecule has 0 aliphatic heterocycles. The number of rotatable bonds is 3. The third kappa shape index (κ3) is 2.43. The average molecular weight is 324 g/mol. The van der Waals surface area contributed by atoms with Gasteiger partial charge in [0.15, 0.2) is 11.5 Å². The highest BCUT2D eigenvalue weighted by molar-refractivity contribution is 7.09. The topological polar surface area (TPSA) is 72.3 Å². The molecule has 7 heteroatoms. The van der Waals surface area contributed by atoms with Crippen LogP contribution in [0.25, 0.3) is 22.7 Å². The molecule has 0 atom stereocenters. The first kappa shape index (κ1) is 14.1. The monoisotopic (exact) mass is 324 g/mol. The van der Waals surface area contributed by atoms with Crippen LogP contribution in [0.2, 0.25) is 0 Å². The van der Waals surface area contributed by atoms with Crippen molar-refractivity contribution in [2.24, 2.45) is 0 Å². The molecule has 0 fully saturated rings. The fourth-order valence-corrected chi connectivity index (χ4v) is 3.25. The molecule has 0 aliphatic carbocycles. The summed E-state index contributed by atoms with van der Waals surface area (Å²) in [7, 11) is 0. The summed E-state index contributed by atoms with van der Waals surface area (Å²) in [6.45, 7) is 6.62. The van der Waals surface area contributed by atoms with Gasteiger partial charge in [-0.2, -0.15) is 5.10 Å². The van der Waals surface area contributed by atoms with Gasteiger partial charge in [0.1, 0.15) is 11.2 Å². The van der Waals surface area contributed by atoms with Gasteiger partial charge in [-0.1, -0.05) is 6.07 Å². The minimum absolute atomic E-state index is 0.725.